The largest absolute Gasteiger partial charge is 0.379 e. The van der Waals surface area contributed by atoms with Gasteiger partial charge in [0.1, 0.15) is 6.23 Å². The van der Waals surface area contributed by atoms with Crippen molar-refractivity contribution < 1.29 is 10.2 Å². The van der Waals surface area contributed by atoms with Gasteiger partial charge in [0.25, 0.3) is 0 Å². The van der Waals surface area contributed by atoms with Gasteiger partial charge in [0.2, 0.25) is 0 Å². The number of nitrogens with zero attached hydrogens (tertiary/aromatic N) is 1. The first-order valence-corrected chi connectivity index (χ1v) is 3.07. The fraction of sp³-hybridized carbons (Fsp3) is 1.00. The Balaban J connectivity index is 2.40. The zero-order valence-corrected chi connectivity index (χ0v) is 5.41. The molecule has 9 heavy (non-hydrogen) atoms. The number of hydrogen-bond donors (Lipinski definition) is 3. The van der Waals surface area contributed by atoms with Crippen molar-refractivity contribution in [1.82, 2.24) is 10.2 Å². The van der Waals surface area contributed by atoms with Crippen LogP contribution in [-0.4, -0.2) is 40.8 Å². The van der Waals surface area contributed by atoms with Gasteiger partial charge in [-0.05, 0) is 6.92 Å². The highest BCUT2D eigenvalue weighted by Crippen LogP contribution is 2.02. The maximum Gasteiger partial charge on any atom is 0.165 e. The van der Waals surface area contributed by atoms with Crippen LogP contribution in [0.3, 0.4) is 0 Å². The highest BCUT2D eigenvalue weighted by molar-refractivity contribution is 4.69. The van der Waals surface area contributed by atoms with E-state index >= 15 is 0 Å². The van der Waals surface area contributed by atoms with Crippen molar-refractivity contribution in [2.24, 2.45) is 0 Å². The van der Waals surface area contributed by atoms with Crippen molar-refractivity contribution in [3.63, 3.8) is 0 Å². The quantitative estimate of drug-likeness (QED) is 0.406. The molecule has 1 rings (SSSR count). The number of nitrogens with one attached hydrogen (secondary N) is 1. The van der Waals surface area contributed by atoms with E-state index in [-0.39, 0.29) is 0 Å². The van der Waals surface area contributed by atoms with Crippen LogP contribution in [0.15, 0.2) is 0 Å². The van der Waals surface area contributed by atoms with Crippen LogP contribution in [0.2, 0.25) is 0 Å². The Hall–Kier alpha value is -0.160. The Morgan fingerprint density at radius 2 is 2.44 bits per heavy atom. The van der Waals surface area contributed by atoms with Crippen LogP contribution in [0.4, 0.5) is 0 Å². The van der Waals surface area contributed by atoms with Gasteiger partial charge in [0, 0.05) is 13.1 Å². The summed E-state index contributed by atoms with van der Waals surface area (Å²) in [5, 5.41) is 20.7. The molecular formula is C5H12N2O2. The lowest BCUT2D eigenvalue weighted by Gasteiger charge is -2.21. The zero-order valence-electron chi connectivity index (χ0n) is 5.41. The molecule has 1 aliphatic rings. The normalized spacial score (nSPS) is 33.0. The highest BCUT2D eigenvalue weighted by atomic mass is 16.3. The van der Waals surface area contributed by atoms with E-state index in [0.29, 0.717) is 6.54 Å². The van der Waals surface area contributed by atoms with E-state index in [0.717, 1.165) is 6.54 Å². The average molecular weight is 132 g/mol. The van der Waals surface area contributed by atoms with Gasteiger partial charge in [-0.1, -0.05) is 0 Å². The molecule has 0 aromatic rings. The van der Waals surface area contributed by atoms with Crippen molar-refractivity contribution >= 4 is 0 Å². The topological polar surface area (TPSA) is 55.7 Å². The first-order chi connectivity index (χ1) is 4.22. The van der Waals surface area contributed by atoms with Crippen molar-refractivity contribution in [3.05, 3.63) is 0 Å². The minimum atomic E-state index is -0.662. The molecule has 1 heterocycles. The second-order valence-corrected chi connectivity index (χ2v) is 2.20. The molecule has 0 radical (unpaired) electrons. The lowest BCUT2D eigenvalue weighted by Crippen LogP contribution is -2.40. The molecule has 1 aliphatic heterocycles. The molecule has 2 atom stereocenters. The molecule has 0 aromatic carbocycles. The van der Waals surface area contributed by atoms with Gasteiger partial charge in [0.15, 0.2) is 6.35 Å². The molecule has 0 aromatic heterocycles. The summed E-state index contributed by atoms with van der Waals surface area (Å²) in [6, 6.07) is 0. The van der Waals surface area contributed by atoms with E-state index in [1.54, 1.807) is 11.8 Å². The predicted molar refractivity (Wildman–Crippen MR) is 32.4 cm³/mol. The molecule has 1 saturated heterocycles. The van der Waals surface area contributed by atoms with Crippen LogP contribution in [0.25, 0.3) is 0 Å². The standard InChI is InChI=1S/C5H12N2O2/c1-4(8)7-3-2-6-5(7)9/h4-6,8-9H,2-3H2,1H3. The Morgan fingerprint density at radius 3 is 2.67 bits per heavy atom. The second-order valence-electron chi connectivity index (χ2n) is 2.20. The lowest BCUT2D eigenvalue weighted by molar-refractivity contribution is -0.0752. The van der Waals surface area contributed by atoms with Crippen LogP contribution in [0.5, 0.6) is 0 Å². The Morgan fingerprint density at radius 1 is 1.78 bits per heavy atom. The van der Waals surface area contributed by atoms with E-state index < -0.39 is 12.6 Å². The minimum absolute atomic E-state index is 0.560. The fourth-order valence-corrected chi connectivity index (χ4v) is 0.953. The first kappa shape index (κ1) is 6.95. The molecule has 54 valence electrons. The molecule has 0 aliphatic carbocycles. The third-order valence-electron chi connectivity index (χ3n) is 1.49. The Bertz CT molecular complexity index is 97.0. The summed E-state index contributed by atoms with van der Waals surface area (Å²) in [7, 11) is 0. The van der Waals surface area contributed by atoms with Crippen LogP contribution < -0.4 is 5.32 Å². The molecule has 4 heteroatoms. The summed E-state index contributed by atoms with van der Waals surface area (Å²) >= 11 is 0. The Kier molecular flexibility index (Phi) is 2.02. The number of aliphatic hydroxyl groups excluding tert-OH is 2. The van der Waals surface area contributed by atoms with Gasteiger partial charge in [-0.25, -0.2) is 4.90 Å². The molecular weight excluding hydrogens is 120 g/mol. The van der Waals surface area contributed by atoms with Crippen molar-refractivity contribution in [2.75, 3.05) is 13.1 Å². The van der Waals surface area contributed by atoms with Crippen LogP contribution in [0, 0.1) is 0 Å². The van der Waals surface area contributed by atoms with Crippen LogP contribution in [0.1, 0.15) is 6.92 Å². The zero-order chi connectivity index (χ0) is 6.85. The fourth-order valence-electron chi connectivity index (χ4n) is 0.953. The van der Waals surface area contributed by atoms with Gasteiger partial charge in [0.05, 0.1) is 0 Å². The third-order valence-corrected chi connectivity index (χ3v) is 1.49. The summed E-state index contributed by atoms with van der Waals surface area (Å²) < 4.78 is 0. The molecule has 4 nitrogen and oxygen atoms in total. The number of aliphatic hydroxyl groups is 2. The van der Waals surface area contributed by atoms with Crippen molar-refractivity contribution in [1.29, 1.82) is 0 Å². The van der Waals surface area contributed by atoms with E-state index in [1.165, 1.54) is 0 Å². The van der Waals surface area contributed by atoms with Crippen molar-refractivity contribution in [2.45, 2.75) is 19.5 Å². The first-order valence-electron chi connectivity index (χ1n) is 3.07. The Labute approximate surface area is 54.1 Å². The van der Waals surface area contributed by atoms with E-state index in [9.17, 15) is 0 Å². The average Bonchev–Trinajstić information content (AvgIpc) is 2.13. The molecule has 2 unspecified atom stereocenters. The molecule has 0 spiro atoms. The highest BCUT2D eigenvalue weighted by Gasteiger charge is 2.24. The third kappa shape index (κ3) is 1.40. The van der Waals surface area contributed by atoms with E-state index in [1.807, 2.05) is 0 Å². The van der Waals surface area contributed by atoms with Gasteiger partial charge in [-0.15, -0.1) is 0 Å². The SMILES string of the molecule is CC(O)N1CCNC1O. The summed E-state index contributed by atoms with van der Waals surface area (Å²) in [5.74, 6) is 0. The summed E-state index contributed by atoms with van der Waals surface area (Å²) in [5.41, 5.74) is 0. The van der Waals surface area contributed by atoms with Crippen molar-refractivity contribution in [3.8, 4) is 0 Å². The number of hydrogen-bond acceptors (Lipinski definition) is 4. The summed E-state index contributed by atoms with van der Waals surface area (Å²) in [6.45, 7) is 3.08. The summed E-state index contributed by atoms with van der Waals surface area (Å²) in [4.78, 5) is 1.57. The van der Waals surface area contributed by atoms with Crippen LogP contribution in [-0.2, 0) is 0 Å². The van der Waals surface area contributed by atoms with E-state index in [4.69, 9.17) is 10.2 Å². The maximum absolute atomic E-state index is 9.01. The van der Waals surface area contributed by atoms with Gasteiger partial charge < -0.3 is 10.2 Å². The van der Waals surface area contributed by atoms with Gasteiger partial charge >= 0.3 is 0 Å². The molecule has 3 N–H and O–H groups in total. The minimum Gasteiger partial charge on any atom is -0.379 e. The predicted octanol–water partition coefficient (Wildman–Crippen LogP) is -1.49. The molecule has 0 saturated carbocycles. The van der Waals surface area contributed by atoms with Crippen LogP contribution >= 0.6 is 0 Å². The smallest absolute Gasteiger partial charge is 0.165 e. The van der Waals surface area contributed by atoms with Gasteiger partial charge in [-0.2, -0.15) is 0 Å². The second kappa shape index (κ2) is 2.62. The lowest BCUT2D eigenvalue weighted by atomic mass is 10.5. The monoisotopic (exact) mass is 132 g/mol. The summed E-state index contributed by atoms with van der Waals surface area (Å²) in [6.07, 6.45) is -1.22. The maximum atomic E-state index is 9.01. The molecule has 0 bridgehead atoms. The number of rotatable bonds is 1. The molecule has 0 amide bonds. The molecule has 1 fully saturated rings. The van der Waals surface area contributed by atoms with E-state index in [2.05, 4.69) is 5.32 Å². The van der Waals surface area contributed by atoms with Gasteiger partial charge in [-0.3, -0.25) is 5.32 Å².